The van der Waals surface area contributed by atoms with Crippen molar-refractivity contribution in [3.63, 3.8) is 0 Å². The molecule has 0 saturated carbocycles. The standard InChI is InChI=1S/C24H42N6O6SSi2/c1-22(2,3)38(7,8)33-11-16-24(15(25)12-37(31,32)36-24)18(35-39(9,10)23(4,5)6)21(34-16)30-14-29-17-19(26)27-13-28-20(17)30/h12-14,16,18,21H,11,25H2,1-10H3,(H2,26,27,28)/t16?,18-,21+,24?/m0/s1. The number of fused-ring (bicyclic) bond motifs is 1. The molecule has 0 radical (unpaired) electrons. The third-order valence-electron chi connectivity index (χ3n) is 8.73. The van der Waals surface area contributed by atoms with Gasteiger partial charge >= 0.3 is 0 Å². The van der Waals surface area contributed by atoms with Gasteiger partial charge in [-0.05, 0) is 36.3 Å². The van der Waals surface area contributed by atoms with E-state index in [9.17, 15) is 8.42 Å². The molecule has 1 saturated heterocycles. The SMILES string of the molecule is CC(C)(C)[Si](C)(C)OCC1O[C@@H](n2cnc3c(N)ncnc32)[C@H](O[Si](C)(C)C(C)(C)C)C12OS(=O)(=O)C=C2N. The molecule has 2 unspecified atom stereocenters. The molecule has 4 heterocycles. The monoisotopic (exact) mass is 598 g/mol. The lowest BCUT2D eigenvalue weighted by atomic mass is 9.89. The summed E-state index contributed by atoms with van der Waals surface area (Å²) < 4.78 is 53.5. The quantitative estimate of drug-likeness (QED) is 0.368. The molecule has 12 nitrogen and oxygen atoms in total. The van der Waals surface area contributed by atoms with Crippen molar-refractivity contribution in [3.05, 3.63) is 23.8 Å². The molecule has 1 fully saturated rings. The second-order valence-electron chi connectivity index (χ2n) is 13.4. The molecule has 4 atom stereocenters. The first-order valence-electron chi connectivity index (χ1n) is 13.0. The van der Waals surface area contributed by atoms with E-state index in [1.54, 1.807) is 4.57 Å². The lowest BCUT2D eigenvalue weighted by Crippen LogP contribution is -2.59. The van der Waals surface area contributed by atoms with Crippen LogP contribution in [0.4, 0.5) is 5.82 Å². The van der Waals surface area contributed by atoms with Crippen molar-refractivity contribution >= 4 is 43.7 Å². The van der Waals surface area contributed by atoms with E-state index in [2.05, 4.69) is 82.7 Å². The molecular weight excluding hydrogens is 557 g/mol. The van der Waals surface area contributed by atoms with Crippen LogP contribution in [0.25, 0.3) is 11.2 Å². The summed E-state index contributed by atoms with van der Waals surface area (Å²) >= 11 is 0. The Morgan fingerprint density at radius 3 is 2.18 bits per heavy atom. The summed E-state index contributed by atoms with van der Waals surface area (Å²) in [5.74, 6) is 0.213. The maximum absolute atomic E-state index is 12.9. The predicted molar refractivity (Wildman–Crippen MR) is 154 cm³/mol. The van der Waals surface area contributed by atoms with Crippen LogP contribution < -0.4 is 11.5 Å². The van der Waals surface area contributed by atoms with Gasteiger partial charge in [-0.3, -0.25) is 4.57 Å². The molecule has 218 valence electrons. The normalized spacial score (nSPS) is 27.9. The summed E-state index contributed by atoms with van der Waals surface area (Å²) in [5, 5.41) is 0.647. The Kier molecular flexibility index (Phi) is 7.19. The Morgan fingerprint density at radius 2 is 1.64 bits per heavy atom. The summed E-state index contributed by atoms with van der Waals surface area (Å²) in [5.41, 5.74) is 11.8. The van der Waals surface area contributed by atoms with Crippen molar-refractivity contribution in [2.24, 2.45) is 5.73 Å². The number of hydrogen-bond donors (Lipinski definition) is 2. The topological polar surface area (TPSA) is 167 Å². The fraction of sp³-hybridized carbons (Fsp3) is 0.708. The molecule has 2 aromatic heterocycles. The lowest BCUT2D eigenvalue weighted by molar-refractivity contribution is -0.0535. The van der Waals surface area contributed by atoms with Crippen molar-refractivity contribution in [2.45, 2.75) is 102 Å². The van der Waals surface area contributed by atoms with Crippen LogP contribution in [0.2, 0.25) is 36.3 Å². The van der Waals surface area contributed by atoms with E-state index in [0.717, 1.165) is 5.41 Å². The van der Waals surface area contributed by atoms with Crippen molar-refractivity contribution in [1.82, 2.24) is 19.5 Å². The zero-order valence-electron chi connectivity index (χ0n) is 24.5. The third kappa shape index (κ3) is 5.06. The van der Waals surface area contributed by atoms with Gasteiger partial charge in [0.05, 0.1) is 24.0 Å². The molecule has 2 aliphatic rings. The van der Waals surface area contributed by atoms with E-state index in [1.807, 2.05) is 0 Å². The number of hydrogen-bond acceptors (Lipinski definition) is 11. The fourth-order valence-electron chi connectivity index (χ4n) is 4.27. The van der Waals surface area contributed by atoms with Gasteiger partial charge in [0.15, 0.2) is 39.9 Å². The molecule has 1 spiro atoms. The molecule has 4 N–H and O–H groups in total. The smallest absolute Gasteiger partial charge is 0.292 e. The van der Waals surface area contributed by atoms with Crippen LogP contribution in [0.5, 0.6) is 0 Å². The minimum atomic E-state index is -4.11. The van der Waals surface area contributed by atoms with Gasteiger partial charge in [-0.1, -0.05) is 41.5 Å². The molecule has 0 aliphatic carbocycles. The number of nitrogens with zero attached hydrogens (tertiary/aromatic N) is 4. The van der Waals surface area contributed by atoms with Crippen molar-refractivity contribution in [2.75, 3.05) is 12.3 Å². The van der Waals surface area contributed by atoms with Crippen LogP contribution in [0.3, 0.4) is 0 Å². The number of rotatable bonds is 6. The zero-order chi connectivity index (χ0) is 29.4. The first-order valence-corrected chi connectivity index (χ1v) is 20.3. The number of aromatic nitrogens is 4. The van der Waals surface area contributed by atoms with Crippen LogP contribution in [0, 0.1) is 0 Å². The Bertz CT molecular complexity index is 1400. The third-order valence-corrected chi connectivity index (χ3v) is 18.7. The van der Waals surface area contributed by atoms with E-state index in [0.29, 0.717) is 11.2 Å². The van der Waals surface area contributed by atoms with Crippen LogP contribution >= 0.6 is 0 Å². The molecular formula is C24H42N6O6SSi2. The second-order valence-corrected chi connectivity index (χ2v) is 24.4. The Balaban J connectivity index is 1.89. The van der Waals surface area contributed by atoms with Crippen molar-refractivity contribution in [3.8, 4) is 0 Å². The van der Waals surface area contributed by atoms with Gasteiger partial charge in [-0.25, -0.2) is 19.1 Å². The second kappa shape index (κ2) is 9.32. The predicted octanol–water partition coefficient (Wildman–Crippen LogP) is 3.62. The van der Waals surface area contributed by atoms with Crippen LogP contribution in [-0.4, -0.2) is 69.0 Å². The van der Waals surface area contributed by atoms with E-state index < -0.39 is 50.8 Å². The Morgan fingerprint density at radius 1 is 1.03 bits per heavy atom. The minimum absolute atomic E-state index is 0.0103. The maximum atomic E-state index is 12.9. The average Bonchev–Trinajstić information content (AvgIpc) is 3.38. The largest absolute Gasteiger partial charge is 0.414 e. The number of nitrogen functional groups attached to an aromatic ring is 1. The minimum Gasteiger partial charge on any atom is -0.414 e. The highest BCUT2D eigenvalue weighted by Crippen LogP contribution is 2.52. The van der Waals surface area contributed by atoms with Crippen molar-refractivity contribution < 1.29 is 26.2 Å². The molecule has 0 aromatic carbocycles. The van der Waals surface area contributed by atoms with Gasteiger partial charge in [-0.15, -0.1) is 0 Å². The zero-order valence-corrected chi connectivity index (χ0v) is 27.3. The Hall–Kier alpha value is -1.89. The molecule has 0 bridgehead atoms. The number of imidazole rings is 1. The average molecular weight is 599 g/mol. The van der Waals surface area contributed by atoms with Gasteiger partial charge in [0.25, 0.3) is 10.1 Å². The summed E-state index contributed by atoms with van der Waals surface area (Å²) in [6, 6.07) is 0. The molecule has 15 heteroatoms. The highest BCUT2D eigenvalue weighted by molar-refractivity contribution is 7.90. The molecule has 2 aromatic rings. The van der Waals surface area contributed by atoms with Gasteiger partial charge in [0.2, 0.25) is 0 Å². The van der Waals surface area contributed by atoms with Gasteiger partial charge < -0.3 is 25.1 Å². The molecule has 2 aliphatic heterocycles. The van der Waals surface area contributed by atoms with Gasteiger partial charge in [0.1, 0.15) is 24.1 Å². The van der Waals surface area contributed by atoms with Crippen LogP contribution in [0.1, 0.15) is 47.8 Å². The summed E-state index contributed by atoms with van der Waals surface area (Å²) in [4.78, 5) is 12.8. The van der Waals surface area contributed by atoms with Gasteiger partial charge in [-0.2, -0.15) is 8.42 Å². The van der Waals surface area contributed by atoms with Crippen molar-refractivity contribution in [1.29, 1.82) is 0 Å². The number of anilines is 1. The number of ether oxygens (including phenoxy) is 1. The van der Waals surface area contributed by atoms with E-state index in [4.69, 9.17) is 29.2 Å². The lowest BCUT2D eigenvalue weighted by Gasteiger charge is -2.43. The molecule has 39 heavy (non-hydrogen) atoms. The summed E-state index contributed by atoms with van der Waals surface area (Å²) in [7, 11) is -8.94. The highest BCUT2D eigenvalue weighted by atomic mass is 32.2. The van der Waals surface area contributed by atoms with E-state index >= 15 is 0 Å². The van der Waals surface area contributed by atoms with Crippen LogP contribution in [-0.2, 0) is 27.9 Å². The summed E-state index contributed by atoms with van der Waals surface area (Å²) in [6.45, 7) is 21.1. The van der Waals surface area contributed by atoms with Crippen LogP contribution in [0.15, 0.2) is 23.8 Å². The van der Waals surface area contributed by atoms with Gasteiger partial charge in [0, 0.05) is 0 Å². The highest BCUT2D eigenvalue weighted by Gasteiger charge is 2.67. The Labute approximate surface area is 232 Å². The number of nitrogens with two attached hydrogens (primary N) is 2. The molecule has 0 amide bonds. The maximum Gasteiger partial charge on any atom is 0.292 e. The molecule has 4 rings (SSSR count). The van der Waals surface area contributed by atoms with E-state index in [1.165, 1.54) is 12.7 Å². The van der Waals surface area contributed by atoms with E-state index in [-0.39, 0.29) is 28.2 Å². The summed E-state index contributed by atoms with van der Waals surface area (Å²) in [6.07, 6.45) is 0.112. The fourth-order valence-corrected chi connectivity index (χ4v) is 7.78. The first kappa shape index (κ1) is 30.1. The first-order chi connectivity index (χ1) is 17.6.